The zero-order valence-electron chi connectivity index (χ0n) is 19.1. The highest BCUT2D eigenvalue weighted by Crippen LogP contribution is 2.60. The molecule has 7 nitrogen and oxygen atoms in total. The highest BCUT2D eigenvalue weighted by Gasteiger charge is 2.58. The molecular weight excluding hydrogens is 398 g/mol. The van der Waals surface area contributed by atoms with E-state index in [0.29, 0.717) is 30.9 Å². The normalized spacial score (nSPS) is 35.2. The van der Waals surface area contributed by atoms with E-state index >= 15 is 0 Å². The average molecular weight is 436 g/mol. The summed E-state index contributed by atoms with van der Waals surface area (Å²) >= 11 is 0. The molecule has 2 fully saturated rings. The maximum Gasteiger partial charge on any atom is 0.220 e. The minimum Gasteiger partial charge on any atom is -0.493 e. The molecule has 7 heteroatoms. The predicted octanol–water partition coefficient (Wildman–Crippen LogP) is 2.26. The zero-order valence-corrected chi connectivity index (χ0v) is 19.1. The number of methoxy groups -OCH3 is 2. The van der Waals surface area contributed by atoms with Gasteiger partial charge in [0, 0.05) is 18.4 Å². The van der Waals surface area contributed by atoms with Gasteiger partial charge in [0.05, 0.1) is 33.0 Å². The smallest absolute Gasteiger partial charge is 0.220 e. The fourth-order valence-corrected chi connectivity index (χ4v) is 6.07. The largest absolute Gasteiger partial charge is 0.493 e. The number of hydrogen-bond donors (Lipinski definition) is 4. The lowest BCUT2D eigenvalue weighted by atomic mass is 9.46. The van der Waals surface area contributed by atoms with Crippen LogP contribution >= 0.6 is 0 Å². The molecule has 1 amide bonds. The number of aliphatic hydroxyl groups is 3. The molecule has 2 saturated carbocycles. The van der Waals surface area contributed by atoms with E-state index in [1.54, 1.807) is 20.3 Å². The number of carbonyl (C=O) groups is 1. The first-order chi connectivity index (χ1) is 14.7. The van der Waals surface area contributed by atoms with Crippen molar-refractivity contribution in [3.63, 3.8) is 0 Å². The number of ether oxygens (including phenoxy) is 2. The van der Waals surface area contributed by atoms with Crippen LogP contribution in [0.15, 0.2) is 18.2 Å². The number of benzene rings is 1. The molecule has 4 N–H and O–H groups in total. The lowest BCUT2D eigenvalue weighted by Crippen LogP contribution is -2.60. The van der Waals surface area contributed by atoms with Gasteiger partial charge >= 0.3 is 0 Å². The summed E-state index contributed by atoms with van der Waals surface area (Å²) in [7, 11) is 3.15. The first kappa shape index (κ1) is 23.8. The first-order valence-electron chi connectivity index (χ1n) is 11.1. The molecule has 1 aromatic rings. The van der Waals surface area contributed by atoms with Crippen molar-refractivity contribution in [1.82, 2.24) is 5.32 Å². The Morgan fingerprint density at radius 1 is 1.13 bits per heavy atom. The number of amides is 1. The fraction of sp³-hybridized carbons (Fsp3) is 0.708. The second-order valence-electron chi connectivity index (χ2n) is 9.70. The van der Waals surface area contributed by atoms with E-state index in [2.05, 4.69) is 12.2 Å². The van der Waals surface area contributed by atoms with E-state index in [4.69, 9.17) is 9.47 Å². The third-order valence-electron chi connectivity index (χ3n) is 8.06. The molecular formula is C24H37NO6. The van der Waals surface area contributed by atoms with Crippen molar-refractivity contribution in [3.8, 4) is 11.5 Å². The Labute approximate surface area is 184 Å². The summed E-state index contributed by atoms with van der Waals surface area (Å²) in [4.78, 5) is 12.8. The molecule has 6 atom stereocenters. The highest BCUT2D eigenvalue weighted by atomic mass is 16.5. The number of hydrogen-bond acceptors (Lipinski definition) is 6. The molecule has 31 heavy (non-hydrogen) atoms. The molecule has 0 saturated heterocycles. The van der Waals surface area contributed by atoms with E-state index in [1.165, 1.54) is 0 Å². The summed E-state index contributed by atoms with van der Waals surface area (Å²) in [6, 6.07) is 5.52. The Hall–Kier alpha value is -1.83. The van der Waals surface area contributed by atoms with Crippen LogP contribution in [0.1, 0.15) is 51.5 Å². The Morgan fingerprint density at radius 3 is 2.48 bits per heavy atom. The number of carbonyl (C=O) groups excluding carboxylic acids is 1. The molecule has 1 aromatic carbocycles. The summed E-state index contributed by atoms with van der Waals surface area (Å²) in [6.45, 7) is 4.32. The third-order valence-corrected chi connectivity index (χ3v) is 8.06. The quantitative estimate of drug-likeness (QED) is 0.523. The van der Waals surface area contributed by atoms with Gasteiger partial charge in [-0.2, -0.15) is 0 Å². The highest BCUT2D eigenvalue weighted by molar-refractivity contribution is 5.76. The Kier molecular flexibility index (Phi) is 7.18. The van der Waals surface area contributed by atoms with Crippen LogP contribution in [0.2, 0.25) is 0 Å². The van der Waals surface area contributed by atoms with Crippen LogP contribution in [-0.4, -0.2) is 54.3 Å². The summed E-state index contributed by atoms with van der Waals surface area (Å²) in [5.41, 5.74) is -0.0238. The Balaban J connectivity index is 1.70. The lowest BCUT2D eigenvalue weighted by molar-refractivity contribution is -0.185. The average Bonchev–Trinajstić information content (AvgIpc) is 2.77. The topological polar surface area (TPSA) is 108 Å². The summed E-state index contributed by atoms with van der Waals surface area (Å²) in [5.74, 6) is 0.970. The van der Waals surface area contributed by atoms with Gasteiger partial charge in [-0.3, -0.25) is 4.79 Å². The standard InChI is InChI=1S/C24H37NO6/c1-23-10-9-21(28)24(2,14-26)20(23)8-6-17(27)16(23)12-22(29)25-13-15-5-7-18(30-3)19(11-15)31-4/h5,7,11,16-17,20-21,26-28H,6,8-10,12-14H2,1-4H3,(H,25,29). The van der Waals surface area contributed by atoms with Crippen LogP contribution in [0.3, 0.4) is 0 Å². The Morgan fingerprint density at radius 2 is 1.84 bits per heavy atom. The SMILES string of the molecule is COc1ccc(CNC(=O)CC2C(O)CCC3C(C)(CO)C(O)CCC23C)cc1OC. The second-order valence-corrected chi connectivity index (χ2v) is 9.70. The first-order valence-corrected chi connectivity index (χ1v) is 11.1. The summed E-state index contributed by atoms with van der Waals surface area (Å²) in [6.07, 6.45) is 1.72. The number of nitrogens with one attached hydrogen (secondary N) is 1. The van der Waals surface area contributed by atoms with Gasteiger partial charge in [-0.1, -0.05) is 19.9 Å². The third kappa shape index (κ3) is 4.41. The number of aliphatic hydroxyl groups excluding tert-OH is 3. The molecule has 2 aliphatic carbocycles. The van der Waals surface area contributed by atoms with Gasteiger partial charge in [0.1, 0.15) is 0 Å². The van der Waals surface area contributed by atoms with Gasteiger partial charge in [0.2, 0.25) is 5.91 Å². The van der Waals surface area contributed by atoms with Gasteiger partial charge in [-0.05, 0) is 60.6 Å². The van der Waals surface area contributed by atoms with Crippen LogP contribution in [0.25, 0.3) is 0 Å². The van der Waals surface area contributed by atoms with E-state index in [0.717, 1.165) is 18.4 Å². The van der Waals surface area contributed by atoms with Crippen LogP contribution in [0, 0.1) is 22.7 Å². The predicted molar refractivity (Wildman–Crippen MR) is 117 cm³/mol. The molecule has 0 heterocycles. The Bertz CT molecular complexity index is 785. The van der Waals surface area contributed by atoms with Crippen molar-refractivity contribution in [2.45, 2.75) is 64.7 Å². The van der Waals surface area contributed by atoms with Crippen LogP contribution in [0.4, 0.5) is 0 Å². The second kappa shape index (κ2) is 9.35. The van der Waals surface area contributed by atoms with Gasteiger partial charge in [0.25, 0.3) is 0 Å². The van der Waals surface area contributed by atoms with Crippen LogP contribution in [-0.2, 0) is 11.3 Å². The fourth-order valence-electron chi connectivity index (χ4n) is 6.07. The zero-order chi connectivity index (χ0) is 22.8. The summed E-state index contributed by atoms with van der Waals surface area (Å²) in [5, 5.41) is 34.4. The maximum atomic E-state index is 12.8. The van der Waals surface area contributed by atoms with Gasteiger partial charge in [-0.15, -0.1) is 0 Å². The molecule has 174 valence electrons. The number of fused-ring (bicyclic) bond motifs is 1. The van der Waals surface area contributed by atoms with Gasteiger partial charge in [-0.25, -0.2) is 0 Å². The van der Waals surface area contributed by atoms with Crippen molar-refractivity contribution in [3.05, 3.63) is 23.8 Å². The van der Waals surface area contributed by atoms with Crippen molar-refractivity contribution in [2.24, 2.45) is 22.7 Å². The van der Waals surface area contributed by atoms with E-state index in [1.807, 2.05) is 19.1 Å². The molecule has 3 rings (SSSR count). The van der Waals surface area contributed by atoms with Crippen molar-refractivity contribution in [2.75, 3.05) is 20.8 Å². The maximum absolute atomic E-state index is 12.8. The molecule has 6 unspecified atom stereocenters. The van der Waals surface area contributed by atoms with E-state index in [9.17, 15) is 20.1 Å². The van der Waals surface area contributed by atoms with Gasteiger partial charge < -0.3 is 30.1 Å². The molecule has 0 spiro atoms. The number of rotatable bonds is 7. The van der Waals surface area contributed by atoms with Crippen molar-refractivity contribution in [1.29, 1.82) is 0 Å². The molecule has 0 aromatic heterocycles. The minimum atomic E-state index is -0.610. The monoisotopic (exact) mass is 435 g/mol. The molecule has 2 aliphatic rings. The van der Waals surface area contributed by atoms with Crippen molar-refractivity contribution < 1.29 is 29.6 Å². The van der Waals surface area contributed by atoms with E-state index in [-0.39, 0.29) is 36.2 Å². The molecule has 0 bridgehead atoms. The van der Waals surface area contributed by atoms with E-state index < -0.39 is 17.6 Å². The lowest BCUT2D eigenvalue weighted by Gasteiger charge is -2.60. The molecule has 0 aliphatic heterocycles. The van der Waals surface area contributed by atoms with Gasteiger partial charge in [0.15, 0.2) is 11.5 Å². The summed E-state index contributed by atoms with van der Waals surface area (Å²) < 4.78 is 10.6. The van der Waals surface area contributed by atoms with Crippen LogP contribution < -0.4 is 14.8 Å². The van der Waals surface area contributed by atoms with Crippen LogP contribution in [0.5, 0.6) is 11.5 Å². The van der Waals surface area contributed by atoms with Crippen molar-refractivity contribution >= 4 is 5.91 Å². The molecule has 0 radical (unpaired) electrons. The minimum absolute atomic E-state index is 0.0563.